The fourth-order valence-electron chi connectivity index (χ4n) is 15.3. The average Bonchev–Trinajstić information content (AvgIpc) is 1.68. The molecule has 5 nitrogen and oxygen atoms in total. The van der Waals surface area contributed by atoms with Gasteiger partial charge < -0.3 is 25.2 Å². The van der Waals surface area contributed by atoms with Crippen LogP contribution in [0.5, 0.6) is 11.5 Å². The maximum atomic E-state index is 7.37. The summed E-state index contributed by atoms with van der Waals surface area (Å²) in [5, 5.41) is 0. The molecular weight excluding hydrogens is 970 g/mol. The molecule has 10 aromatic carbocycles. The largest absolute Gasteiger partial charge is 0.458 e. The third kappa shape index (κ3) is 7.15. The minimum Gasteiger partial charge on any atom is -0.458 e. The number of nitrogens with two attached hydrogens (primary N) is 1. The zero-order valence-electron chi connectivity index (χ0n) is 47.3. The Labute approximate surface area is 472 Å². The quantitative estimate of drug-likeness (QED) is 0.174. The van der Waals surface area contributed by atoms with Crippen molar-refractivity contribution >= 4 is 97.4 Å². The predicted octanol–water partition coefficient (Wildman–Crippen LogP) is 14.6. The summed E-state index contributed by atoms with van der Waals surface area (Å²) in [4.78, 5) is 7.69. The molecule has 4 aliphatic heterocycles. The third-order valence-corrected chi connectivity index (χ3v) is 18.6. The summed E-state index contributed by atoms with van der Waals surface area (Å²) in [6, 6.07) is 71.4. The van der Waals surface area contributed by atoms with Crippen molar-refractivity contribution in [1.29, 1.82) is 0 Å². The number of ether oxygens (including phenoxy) is 1. The minimum absolute atomic E-state index is 0.0139. The van der Waals surface area contributed by atoms with E-state index in [-0.39, 0.29) is 18.8 Å². The third-order valence-electron chi connectivity index (χ3n) is 18.6. The molecule has 1 aliphatic carbocycles. The molecule has 0 radical (unpaired) electrons. The van der Waals surface area contributed by atoms with Gasteiger partial charge in [-0.05, 0) is 234 Å². The molecular formula is C73H64B2N4O. The van der Waals surface area contributed by atoms with Gasteiger partial charge in [-0.25, -0.2) is 0 Å². The van der Waals surface area contributed by atoms with E-state index >= 15 is 0 Å². The van der Waals surface area contributed by atoms with Crippen molar-refractivity contribution in [2.45, 2.75) is 86.1 Å². The Bertz CT molecular complexity index is 4230. The first kappa shape index (κ1) is 48.6. The molecule has 5 aliphatic rings. The Morgan fingerprint density at radius 2 is 0.875 bits per heavy atom. The van der Waals surface area contributed by atoms with Crippen LogP contribution in [0.15, 0.2) is 188 Å². The SMILES string of the molecule is Cc1cc(C)c(-c2cc3c4c(c2)N(c2ccccc2)c2cc5c(cc2B4c2ccccc2O3)B2c3ccccc3N(c3ccc4c(c3)C(C)(N)CCC4(C)C)c3cc(-c4c(C)cc(C)cc4C)cc(c32)N5c2ccccc2)c(C)c1. The van der Waals surface area contributed by atoms with Gasteiger partial charge in [0.25, 0.3) is 13.4 Å². The molecule has 80 heavy (non-hydrogen) atoms. The number of hydrogen-bond acceptors (Lipinski definition) is 5. The van der Waals surface area contributed by atoms with Crippen molar-refractivity contribution < 1.29 is 4.74 Å². The summed E-state index contributed by atoms with van der Waals surface area (Å²) < 4.78 is 7.17. The molecule has 0 fully saturated rings. The van der Waals surface area contributed by atoms with Crippen LogP contribution in [0.25, 0.3) is 22.3 Å². The first-order chi connectivity index (χ1) is 38.6. The fourth-order valence-corrected chi connectivity index (χ4v) is 15.3. The number of hydrogen-bond donors (Lipinski definition) is 1. The van der Waals surface area contributed by atoms with Crippen LogP contribution in [0.4, 0.5) is 51.2 Å². The zero-order valence-corrected chi connectivity index (χ0v) is 47.3. The average molecular weight is 1030 g/mol. The van der Waals surface area contributed by atoms with E-state index in [2.05, 4.69) is 265 Å². The Balaban J connectivity index is 1.06. The van der Waals surface area contributed by atoms with Gasteiger partial charge in [-0.15, -0.1) is 0 Å². The van der Waals surface area contributed by atoms with Crippen LogP contribution in [-0.2, 0) is 11.0 Å². The first-order valence-electron chi connectivity index (χ1n) is 28.6. The topological polar surface area (TPSA) is 45.0 Å². The standard InChI is InChI=1S/C73H64B2N4O/c1-43-32-45(3)68(46(4)33-43)49-36-63-70-64(37-49)79(53-28-29-54-55(40-53)73(9,76)31-30-72(54,7)8)60-26-18-16-24-56(60)74(70)58-41-59-62(42-61(58)77(63)51-20-12-10-13-21-51)78(52-22-14-11-15-23-52)65-38-50(69-47(5)34-44(2)35-48(69)6)39-67-71(65)75(59)57-25-17-19-27-66(57)80-67/h10-29,32-42H,30-31,76H2,1-9H3. The highest BCUT2D eigenvalue weighted by atomic mass is 16.5. The Morgan fingerprint density at radius 3 is 1.46 bits per heavy atom. The van der Waals surface area contributed by atoms with E-state index in [0.717, 1.165) is 64.0 Å². The second-order valence-corrected chi connectivity index (χ2v) is 24.6. The number of para-hydroxylation sites is 4. The van der Waals surface area contributed by atoms with Crippen LogP contribution < -0.4 is 57.9 Å². The van der Waals surface area contributed by atoms with Crippen LogP contribution in [-0.4, -0.2) is 13.4 Å². The highest BCUT2D eigenvalue weighted by Crippen LogP contribution is 2.52. The molecule has 0 spiro atoms. The fraction of sp³-hybridized carbons (Fsp3) is 0.178. The summed E-state index contributed by atoms with van der Waals surface area (Å²) in [6.07, 6.45) is 1.98. The number of fused-ring (bicyclic) bond motifs is 9. The van der Waals surface area contributed by atoms with Crippen molar-refractivity contribution in [1.82, 2.24) is 0 Å². The lowest BCUT2D eigenvalue weighted by Gasteiger charge is -2.47. The smallest absolute Gasteiger partial charge is 0.256 e. The lowest BCUT2D eigenvalue weighted by atomic mass is 9.30. The van der Waals surface area contributed by atoms with Gasteiger partial charge in [0.1, 0.15) is 11.5 Å². The van der Waals surface area contributed by atoms with Crippen LogP contribution >= 0.6 is 0 Å². The van der Waals surface area contributed by atoms with Gasteiger partial charge in [-0.2, -0.15) is 0 Å². The highest BCUT2D eigenvalue weighted by molar-refractivity contribution is 7.02. The van der Waals surface area contributed by atoms with Gasteiger partial charge in [-0.3, -0.25) is 0 Å². The Kier molecular flexibility index (Phi) is 10.6. The van der Waals surface area contributed by atoms with E-state index in [1.807, 2.05) is 0 Å². The first-order valence-corrected chi connectivity index (χ1v) is 28.6. The molecule has 4 heterocycles. The van der Waals surface area contributed by atoms with Gasteiger partial charge in [0.05, 0.1) is 0 Å². The number of rotatable bonds is 5. The maximum Gasteiger partial charge on any atom is 0.256 e. The summed E-state index contributed by atoms with van der Waals surface area (Å²) in [7, 11) is 0. The van der Waals surface area contributed by atoms with Gasteiger partial charge >= 0.3 is 0 Å². The number of aryl methyl sites for hydroxylation is 6. The van der Waals surface area contributed by atoms with Crippen LogP contribution in [0, 0.1) is 41.5 Å². The van der Waals surface area contributed by atoms with Gasteiger partial charge in [0.15, 0.2) is 0 Å². The number of benzene rings is 10. The van der Waals surface area contributed by atoms with Crippen molar-refractivity contribution in [3.63, 3.8) is 0 Å². The number of nitrogens with zero attached hydrogens (tertiary/aromatic N) is 3. The summed E-state index contributed by atoms with van der Waals surface area (Å²) in [6.45, 7) is 20.2. The number of anilines is 9. The van der Waals surface area contributed by atoms with E-state index in [9.17, 15) is 0 Å². The lowest BCUT2D eigenvalue weighted by molar-refractivity contribution is 0.319. The molecule has 2 N–H and O–H groups in total. The summed E-state index contributed by atoms with van der Waals surface area (Å²) in [5.74, 6) is 1.80. The molecule has 1 unspecified atom stereocenters. The molecule has 388 valence electrons. The predicted molar refractivity (Wildman–Crippen MR) is 339 cm³/mol. The van der Waals surface area contributed by atoms with Crippen molar-refractivity contribution in [3.8, 4) is 33.8 Å². The second kappa shape index (κ2) is 17.5. The second-order valence-electron chi connectivity index (χ2n) is 24.6. The van der Waals surface area contributed by atoms with E-state index in [0.29, 0.717) is 0 Å². The maximum absolute atomic E-state index is 7.37. The normalized spacial score (nSPS) is 16.6. The highest BCUT2D eigenvalue weighted by Gasteiger charge is 2.49. The van der Waals surface area contributed by atoms with Crippen LogP contribution in [0.1, 0.15) is 78.1 Å². The molecule has 0 saturated heterocycles. The van der Waals surface area contributed by atoms with Gasteiger partial charge in [0.2, 0.25) is 0 Å². The molecule has 0 amide bonds. The van der Waals surface area contributed by atoms with E-state index in [1.54, 1.807) is 0 Å². The van der Waals surface area contributed by atoms with Crippen LogP contribution in [0.3, 0.4) is 0 Å². The van der Waals surface area contributed by atoms with E-state index in [4.69, 9.17) is 10.5 Å². The lowest BCUT2D eigenvalue weighted by Crippen LogP contribution is -2.64. The van der Waals surface area contributed by atoms with Gasteiger partial charge in [0, 0.05) is 56.7 Å². The molecule has 0 saturated carbocycles. The molecule has 7 heteroatoms. The molecule has 0 bridgehead atoms. The van der Waals surface area contributed by atoms with Crippen LogP contribution in [0.2, 0.25) is 0 Å². The van der Waals surface area contributed by atoms with E-state index < -0.39 is 5.54 Å². The van der Waals surface area contributed by atoms with Crippen molar-refractivity contribution in [2.75, 3.05) is 14.7 Å². The zero-order chi connectivity index (χ0) is 54.7. The summed E-state index contributed by atoms with van der Waals surface area (Å²) >= 11 is 0. The molecule has 10 aromatic rings. The van der Waals surface area contributed by atoms with E-state index in [1.165, 1.54) is 111 Å². The van der Waals surface area contributed by atoms with Crippen molar-refractivity contribution in [2.24, 2.45) is 5.73 Å². The summed E-state index contributed by atoms with van der Waals surface area (Å²) in [5.41, 5.74) is 39.7. The van der Waals surface area contributed by atoms with Crippen molar-refractivity contribution in [3.05, 3.63) is 233 Å². The Hall–Kier alpha value is -8.51. The molecule has 1 atom stereocenters. The Morgan fingerprint density at radius 1 is 0.388 bits per heavy atom. The monoisotopic (exact) mass is 1030 g/mol. The molecule has 15 rings (SSSR count). The molecule has 0 aromatic heterocycles. The van der Waals surface area contributed by atoms with Gasteiger partial charge in [-0.1, -0.05) is 134 Å². The minimum atomic E-state index is -0.465.